The van der Waals surface area contributed by atoms with Crippen molar-refractivity contribution in [3.05, 3.63) is 55.9 Å². The molecule has 3 rings (SSSR count). The predicted molar refractivity (Wildman–Crippen MR) is 85.4 cm³/mol. The molecule has 1 atom stereocenters. The van der Waals surface area contributed by atoms with E-state index in [-0.39, 0.29) is 18.0 Å². The largest absolute Gasteiger partial charge is 0.355 e. The number of hydrogen-bond acceptors (Lipinski definition) is 4. The van der Waals surface area contributed by atoms with Gasteiger partial charge in [-0.25, -0.2) is 14.2 Å². The maximum Gasteiger partial charge on any atom is 0.355 e. The van der Waals surface area contributed by atoms with Crippen LogP contribution in [0.25, 0.3) is 0 Å². The van der Waals surface area contributed by atoms with Gasteiger partial charge in [-0.2, -0.15) is 4.98 Å². The van der Waals surface area contributed by atoms with E-state index in [1.165, 1.54) is 11.1 Å². The number of H-pyrrole nitrogens is 1. The van der Waals surface area contributed by atoms with Crippen LogP contribution in [0, 0.1) is 0 Å². The smallest absolute Gasteiger partial charge is 0.349 e. The molecule has 6 heteroatoms. The molecule has 0 saturated carbocycles. The molecule has 0 amide bonds. The third kappa shape index (κ3) is 2.56. The van der Waals surface area contributed by atoms with Crippen LogP contribution in [-0.2, 0) is 12.8 Å². The molecule has 1 aliphatic carbocycles. The first kappa shape index (κ1) is 14.6. The molecule has 1 aliphatic rings. The Bertz CT molecular complexity index is 788. The van der Waals surface area contributed by atoms with Gasteiger partial charge in [0.25, 0.3) is 0 Å². The van der Waals surface area contributed by atoms with E-state index in [2.05, 4.69) is 33.5 Å². The number of anilines is 1. The molecule has 0 fully saturated rings. The minimum Gasteiger partial charge on any atom is -0.349 e. The Morgan fingerprint density at radius 1 is 1.18 bits per heavy atom. The lowest BCUT2D eigenvalue weighted by molar-refractivity contribution is 0.529. The summed E-state index contributed by atoms with van der Waals surface area (Å²) in [5.41, 5.74) is 2.92. The molecular formula is C16H20N4O2. The van der Waals surface area contributed by atoms with Crippen LogP contribution < -0.4 is 16.7 Å². The monoisotopic (exact) mass is 300 g/mol. The van der Waals surface area contributed by atoms with Crippen molar-refractivity contribution in [3.8, 4) is 0 Å². The maximum absolute atomic E-state index is 12.0. The summed E-state index contributed by atoms with van der Waals surface area (Å²) < 4.78 is 1.10. The minimum atomic E-state index is -0.536. The molecule has 0 radical (unpaired) electrons. The highest BCUT2D eigenvalue weighted by Crippen LogP contribution is 2.27. The molecule has 0 bridgehead atoms. The van der Waals surface area contributed by atoms with Crippen LogP contribution in [0.5, 0.6) is 0 Å². The average Bonchev–Trinajstić information content (AvgIpc) is 2.38. The first-order valence-corrected chi connectivity index (χ1v) is 7.57. The maximum atomic E-state index is 12.0. The second-order valence-electron chi connectivity index (χ2n) is 6.03. The second kappa shape index (κ2) is 5.44. The molecule has 0 saturated heterocycles. The van der Waals surface area contributed by atoms with Crippen molar-refractivity contribution < 1.29 is 0 Å². The summed E-state index contributed by atoms with van der Waals surface area (Å²) in [5.74, 6) is 0.210. The molecule has 2 N–H and O–H groups in total. The van der Waals surface area contributed by atoms with Gasteiger partial charge < -0.3 is 5.32 Å². The SMILES string of the molecule is CC(C)n1c(=O)nc(N[C@@H](C)c2ccc3c(c2)CC3)[nH]c1=O. The number of nitrogens with one attached hydrogen (secondary N) is 2. The van der Waals surface area contributed by atoms with E-state index in [1.807, 2.05) is 6.92 Å². The fourth-order valence-electron chi connectivity index (χ4n) is 2.72. The number of rotatable bonds is 4. The van der Waals surface area contributed by atoms with E-state index in [4.69, 9.17) is 0 Å². The van der Waals surface area contributed by atoms with Crippen LogP contribution in [0.15, 0.2) is 27.8 Å². The van der Waals surface area contributed by atoms with Gasteiger partial charge in [0.15, 0.2) is 0 Å². The first-order valence-electron chi connectivity index (χ1n) is 7.57. The zero-order chi connectivity index (χ0) is 15.9. The number of fused-ring (bicyclic) bond motifs is 1. The first-order chi connectivity index (χ1) is 10.5. The molecule has 0 unspecified atom stereocenters. The predicted octanol–water partition coefficient (Wildman–Crippen LogP) is 1.78. The van der Waals surface area contributed by atoms with Crippen LogP contribution in [0.1, 0.15) is 49.5 Å². The third-order valence-electron chi connectivity index (χ3n) is 4.12. The van der Waals surface area contributed by atoms with Crippen molar-refractivity contribution in [1.82, 2.24) is 14.5 Å². The zero-order valence-corrected chi connectivity index (χ0v) is 13.0. The molecule has 0 spiro atoms. The highest BCUT2D eigenvalue weighted by Gasteiger charge is 2.16. The van der Waals surface area contributed by atoms with Gasteiger partial charge in [0.2, 0.25) is 5.95 Å². The van der Waals surface area contributed by atoms with Crippen molar-refractivity contribution in [2.75, 3.05) is 5.32 Å². The van der Waals surface area contributed by atoms with E-state index in [9.17, 15) is 9.59 Å². The van der Waals surface area contributed by atoms with E-state index >= 15 is 0 Å². The molecule has 1 aromatic carbocycles. The summed E-state index contributed by atoms with van der Waals surface area (Å²) in [6, 6.07) is 6.12. The van der Waals surface area contributed by atoms with Gasteiger partial charge in [0.1, 0.15) is 0 Å². The molecule has 116 valence electrons. The number of aryl methyl sites for hydroxylation is 2. The normalized spacial score (nSPS) is 14.4. The van der Waals surface area contributed by atoms with Gasteiger partial charge in [0.05, 0.1) is 6.04 Å². The minimum absolute atomic E-state index is 0.0386. The fourth-order valence-corrected chi connectivity index (χ4v) is 2.72. The average molecular weight is 300 g/mol. The Kier molecular flexibility index (Phi) is 3.60. The van der Waals surface area contributed by atoms with Crippen LogP contribution in [0.4, 0.5) is 5.95 Å². The summed E-state index contributed by atoms with van der Waals surface area (Å²) in [5, 5.41) is 3.10. The molecule has 1 heterocycles. The molecule has 22 heavy (non-hydrogen) atoms. The Morgan fingerprint density at radius 2 is 1.91 bits per heavy atom. The highest BCUT2D eigenvalue weighted by atomic mass is 16.2. The lowest BCUT2D eigenvalue weighted by atomic mass is 9.86. The number of aromatic amines is 1. The van der Waals surface area contributed by atoms with Crippen LogP contribution >= 0.6 is 0 Å². The summed E-state index contributed by atoms with van der Waals surface area (Å²) in [7, 11) is 0. The molecule has 0 aliphatic heterocycles. The van der Waals surface area contributed by atoms with E-state index < -0.39 is 11.4 Å². The Morgan fingerprint density at radius 3 is 2.45 bits per heavy atom. The zero-order valence-electron chi connectivity index (χ0n) is 13.0. The Hall–Kier alpha value is -2.37. The lowest BCUT2D eigenvalue weighted by Crippen LogP contribution is -2.39. The Balaban J connectivity index is 1.85. The van der Waals surface area contributed by atoms with Gasteiger partial charge in [-0.1, -0.05) is 18.2 Å². The van der Waals surface area contributed by atoms with Crippen molar-refractivity contribution in [2.45, 2.75) is 45.7 Å². The van der Waals surface area contributed by atoms with Crippen molar-refractivity contribution in [3.63, 3.8) is 0 Å². The second-order valence-corrected chi connectivity index (χ2v) is 6.03. The van der Waals surface area contributed by atoms with Gasteiger partial charge in [-0.15, -0.1) is 0 Å². The van der Waals surface area contributed by atoms with Gasteiger partial charge in [0, 0.05) is 6.04 Å². The summed E-state index contributed by atoms with van der Waals surface area (Å²) in [4.78, 5) is 30.4. The summed E-state index contributed by atoms with van der Waals surface area (Å²) in [6.45, 7) is 5.53. The highest BCUT2D eigenvalue weighted by molar-refractivity contribution is 5.41. The van der Waals surface area contributed by atoms with E-state index in [0.29, 0.717) is 0 Å². The van der Waals surface area contributed by atoms with Crippen LogP contribution in [-0.4, -0.2) is 14.5 Å². The van der Waals surface area contributed by atoms with Crippen LogP contribution in [0.3, 0.4) is 0 Å². The van der Waals surface area contributed by atoms with Crippen molar-refractivity contribution >= 4 is 5.95 Å². The number of aromatic nitrogens is 3. The van der Waals surface area contributed by atoms with E-state index in [0.717, 1.165) is 23.0 Å². The summed E-state index contributed by atoms with van der Waals surface area (Å²) in [6.07, 6.45) is 2.27. The standard InChI is InChI=1S/C16H20N4O2/c1-9(2)20-15(21)18-14(19-16(20)22)17-10(3)12-6-4-11-5-7-13(11)8-12/h4,6,8-10H,5,7H2,1-3H3,(H2,17,18,19,21,22)/t10-/m0/s1. The van der Waals surface area contributed by atoms with Gasteiger partial charge >= 0.3 is 11.4 Å². The lowest BCUT2D eigenvalue weighted by Gasteiger charge is -2.22. The Labute approximate surface area is 128 Å². The fraction of sp³-hybridized carbons (Fsp3) is 0.438. The number of nitrogens with zero attached hydrogens (tertiary/aromatic N) is 2. The summed E-state index contributed by atoms with van der Waals surface area (Å²) >= 11 is 0. The van der Waals surface area contributed by atoms with Gasteiger partial charge in [-0.3, -0.25) is 4.98 Å². The van der Waals surface area contributed by atoms with Crippen molar-refractivity contribution in [2.24, 2.45) is 0 Å². The van der Waals surface area contributed by atoms with E-state index in [1.54, 1.807) is 13.8 Å². The quantitative estimate of drug-likeness (QED) is 0.902. The van der Waals surface area contributed by atoms with Gasteiger partial charge in [-0.05, 0) is 50.3 Å². The molecule has 1 aromatic heterocycles. The third-order valence-corrected chi connectivity index (χ3v) is 4.12. The molecule has 2 aromatic rings. The molecular weight excluding hydrogens is 280 g/mol. The molecule has 6 nitrogen and oxygen atoms in total. The topological polar surface area (TPSA) is 79.8 Å². The van der Waals surface area contributed by atoms with Crippen LogP contribution in [0.2, 0.25) is 0 Å². The number of benzene rings is 1. The number of hydrogen-bond donors (Lipinski definition) is 2. The van der Waals surface area contributed by atoms with Crippen molar-refractivity contribution in [1.29, 1.82) is 0 Å².